The van der Waals surface area contributed by atoms with Crippen LogP contribution in [0.2, 0.25) is 0 Å². The molecule has 0 N–H and O–H groups in total. The molecule has 0 unspecified atom stereocenters. The molecule has 6 nitrogen and oxygen atoms in total. The van der Waals surface area contributed by atoms with Crippen LogP contribution in [0.4, 0.5) is 0 Å². The first-order chi connectivity index (χ1) is 39.0. The molecule has 0 atom stereocenters. The van der Waals surface area contributed by atoms with Crippen LogP contribution in [0, 0.1) is 46.8 Å². The van der Waals surface area contributed by atoms with Gasteiger partial charge in [0, 0.05) is 20.1 Å². The van der Waals surface area contributed by atoms with Gasteiger partial charge in [-0.25, -0.2) is 18.6 Å². The fraction of sp³-hybridized carbons (Fsp3) is 0.0286. The zero-order valence-electron chi connectivity index (χ0n) is 44.7. The molecule has 0 aliphatic carbocycles. The van der Waals surface area contributed by atoms with Crippen molar-refractivity contribution in [2.75, 3.05) is 0 Å². The Bertz CT molecular complexity index is 2870. The topological polar surface area (TPSA) is 140 Å². The summed E-state index contributed by atoms with van der Waals surface area (Å²) in [4.78, 5) is 0. The average Bonchev–Trinajstić information content (AvgIpc) is 3.51. The molecular formula is C70H59ClIrN2O4P3-. The minimum atomic E-state index is -4.94. The van der Waals surface area contributed by atoms with E-state index in [1.807, 2.05) is 62.4 Å². The number of hydrogen-bond acceptors (Lipinski definition) is 6. The summed E-state index contributed by atoms with van der Waals surface area (Å²) in [5.74, 6) is 0. The van der Waals surface area contributed by atoms with Gasteiger partial charge in [-0.2, -0.15) is 10.5 Å². The van der Waals surface area contributed by atoms with E-state index in [9.17, 15) is 0 Å². The standard InChI is InChI=1S/3C18H15P.2C8H7N.ClHO4.Ir/c3*1-4-10-16(11-5-1)19(17-12-6-2-7-13-17)18-14-8-3-9-15-18;2*1-7-2-4-8(6-9)5-3-7;2-1(3,4)5;/h3*1-15H;2*2-5H,1H3;(H,2,3,4,5);/p-1. The second-order valence-corrected chi connectivity index (χ2v) is 24.8. The quantitative estimate of drug-likeness (QED) is 0.132. The van der Waals surface area contributed by atoms with Gasteiger partial charge in [-0.1, -0.05) is 308 Å². The van der Waals surface area contributed by atoms with E-state index in [1.165, 1.54) is 58.9 Å². The molecule has 0 amide bonds. The van der Waals surface area contributed by atoms with Crippen LogP contribution in [-0.4, -0.2) is 0 Å². The monoisotopic (exact) mass is 1310 g/mol. The van der Waals surface area contributed by atoms with Gasteiger partial charge in [0.05, 0.1) is 23.3 Å². The Kier molecular flexibility index (Phi) is 28.5. The van der Waals surface area contributed by atoms with E-state index in [2.05, 4.69) is 285 Å². The third kappa shape index (κ3) is 23.2. The molecule has 1 radical (unpaired) electrons. The molecule has 0 aromatic heterocycles. The summed E-state index contributed by atoms with van der Waals surface area (Å²) in [6, 6.07) is 116. The van der Waals surface area contributed by atoms with Crippen LogP contribution in [-0.2, 0) is 20.1 Å². The Morgan fingerprint density at radius 3 is 0.481 bits per heavy atom. The van der Waals surface area contributed by atoms with E-state index >= 15 is 0 Å². The minimum absolute atomic E-state index is 0. The smallest absolute Gasteiger partial charge is 0.0991 e. The van der Waals surface area contributed by atoms with Crippen LogP contribution in [0.1, 0.15) is 22.3 Å². The maximum absolute atomic E-state index is 8.49. The summed E-state index contributed by atoms with van der Waals surface area (Å²) < 4.78 is 34.0. The SMILES string of the molecule is Cc1ccc(C#N)cc1.Cc1ccc(C#N)cc1.[Ir].[O-][Cl+3]([O-])([O-])[O-].c1ccc(P(c2ccccc2)c2ccccc2)cc1.c1ccc(P(c2ccccc2)c2ccccc2)cc1.c1ccc(P(c2ccccc2)c2ccccc2)cc1. The maximum Gasteiger partial charge on any atom is 0.0991 e. The molecule has 11 heteroatoms. The van der Waals surface area contributed by atoms with Crippen molar-refractivity contribution >= 4 is 71.5 Å². The first kappa shape index (κ1) is 64.3. The fourth-order valence-corrected chi connectivity index (χ4v) is 14.7. The van der Waals surface area contributed by atoms with E-state index in [-0.39, 0.29) is 20.1 Å². The molecule has 11 rings (SSSR count). The molecule has 11 aromatic carbocycles. The second kappa shape index (κ2) is 36.0. The van der Waals surface area contributed by atoms with Crippen molar-refractivity contribution in [3.63, 3.8) is 0 Å². The first-order valence-electron chi connectivity index (χ1n) is 25.4. The molecule has 0 fully saturated rings. The average molecular weight is 1310 g/mol. The van der Waals surface area contributed by atoms with E-state index < -0.39 is 34.0 Å². The summed E-state index contributed by atoms with van der Waals surface area (Å²) in [5, 5.41) is 29.3. The Hall–Kier alpha value is -7.53. The summed E-state index contributed by atoms with van der Waals surface area (Å²) in [7, 11) is -6.28. The van der Waals surface area contributed by atoms with Gasteiger partial charge in [-0.3, -0.25) is 0 Å². The molecule has 0 aliphatic heterocycles. The number of halogens is 1. The Morgan fingerprint density at radius 2 is 0.370 bits per heavy atom. The zero-order chi connectivity index (χ0) is 56.6. The van der Waals surface area contributed by atoms with Crippen molar-refractivity contribution in [1.29, 1.82) is 10.5 Å². The van der Waals surface area contributed by atoms with Crippen LogP contribution in [0.15, 0.2) is 322 Å². The normalized spacial score (nSPS) is 10.1. The molecule has 0 spiro atoms. The van der Waals surface area contributed by atoms with Gasteiger partial charge < -0.3 is 0 Å². The zero-order valence-corrected chi connectivity index (χ0v) is 50.5. The Balaban J connectivity index is 0.000000187. The van der Waals surface area contributed by atoms with Gasteiger partial charge in [-0.05, 0) is 110 Å². The fourth-order valence-electron chi connectivity index (χ4n) is 7.79. The number of rotatable bonds is 9. The van der Waals surface area contributed by atoms with Crippen LogP contribution in [0.5, 0.6) is 0 Å². The third-order valence-electron chi connectivity index (χ3n) is 11.5. The summed E-state index contributed by atoms with van der Waals surface area (Å²) >= 11 is 0. The molecular weight excluding hydrogens is 1250 g/mol. The van der Waals surface area contributed by atoms with Crippen molar-refractivity contribution in [1.82, 2.24) is 0 Å². The molecule has 11 aromatic rings. The largest absolute Gasteiger partial charge is 0.222 e. The van der Waals surface area contributed by atoms with E-state index in [4.69, 9.17) is 29.2 Å². The number of aryl methyl sites for hydroxylation is 2. The van der Waals surface area contributed by atoms with Crippen molar-refractivity contribution < 1.29 is 49.0 Å². The van der Waals surface area contributed by atoms with Gasteiger partial charge in [0.1, 0.15) is 0 Å². The van der Waals surface area contributed by atoms with Gasteiger partial charge >= 0.3 is 0 Å². The van der Waals surface area contributed by atoms with Crippen molar-refractivity contribution in [2.45, 2.75) is 13.8 Å². The van der Waals surface area contributed by atoms with Gasteiger partial charge in [-0.15, -0.1) is 10.2 Å². The molecule has 405 valence electrons. The van der Waals surface area contributed by atoms with Crippen LogP contribution >= 0.6 is 23.8 Å². The predicted molar refractivity (Wildman–Crippen MR) is 327 cm³/mol. The van der Waals surface area contributed by atoms with Crippen molar-refractivity contribution in [3.05, 3.63) is 344 Å². The van der Waals surface area contributed by atoms with Crippen molar-refractivity contribution in [2.24, 2.45) is 0 Å². The van der Waals surface area contributed by atoms with E-state index in [0.717, 1.165) is 11.1 Å². The van der Waals surface area contributed by atoms with E-state index in [0.29, 0.717) is 0 Å². The predicted octanol–water partition coefficient (Wildman–Crippen LogP) is 9.31. The van der Waals surface area contributed by atoms with Gasteiger partial charge in [0.25, 0.3) is 0 Å². The number of benzene rings is 11. The molecule has 0 heterocycles. The van der Waals surface area contributed by atoms with Gasteiger partial charge in [0.2, 0.25) is 0 Å². The Labute approximate surface area is 497 Å². The summed E-state index contributed by atoms with van der Waals surface area (Å²) in [6.45, 7) is 4.00. The molecule has 0 aliphatic rings. The number of nitrogens with zero attached hydrogens (tertiary/aromatic N) is 2. The maximum atomic E-state index is 8.49. The van der Waals surface area contributed by atoms with Crippen LogP contribution < -0.4 is 66.4 Å². The minimum Gasteiger partial charge on any atom is -0.222 e. The molecule has 0 bridgehead atoms. The van der Waals surface area contributed by atoms with Crippen molar-refractivity contribution in [3.8, 4) is 12.1 Å². The summed E-state index contributed by atoms with van der Waals surface area (Å²) in [5.41, 5.74) is 3.82. The van der Waals surface area contributed by atoms with Gasteiger partial charge in [0.15, 0.2) is 0 Å². The molecule has 0 saturated carbocycles. The third-order valence-corrected chi connectivity index (χ3v) is 18.8. The first-order valence-corrected chi connectivity index (χ1v) is 30.7. The Morgan fingerprint density at radius 1 is 0.247 bits per heavy atom. The van der Waals surface area contributed by atoms with Crippen LogP contribution in [0.3, 0.4) is 0 Å². The summed E-state index contributed by atoms with van der Waals surface area (Å²) in [6.07, 6.45) is 0. The van der Waals surface area contributed by atoms with E-state index in [1.54, 1.807) is 0 Å². The van der Waals surface area contributed by atoms with Crippen LogP contribution in [0.25, 0.3) is 0 Å². The second-order valence-electron chi connectivity index (χ2n) is 17.4. The number of hydrogen-bond donors (Lipinski definition) is 0. The number of nitriles is 2. The molecule has 0 saturated heterocycles. The molecule has 81 heavy (non-hydrogen) atoms.